The number of rotatable bonds is 4. The predicted molar refractivity (Wildman–Crippen MR) is 71.2 cm³/mol. The molecule has 1 aliphatic carbocycles. The molecule has 1 saturated carbocycles. The summed E-state index contributed by atoms with van der Waals surface area (Å²) in [7, 11) is 0. The first-order valence-electron chi connectivity index (χ1n) is 7.49. The monoisotopic (exact) mass is 237 g/mol. The molecular weight excluding hydrogens is 210 g/mol. The number of nitrogens with zero attached hydrogens (tertiary/aromatic N) is 2. The molecule has 17 heavy (non-hydrogen) atoms. The highest BCUT2D eigenvalue weighted by molar-refractivity contribution is 4.86. The number of hydrogen-bond donors (Lipinski definition) is 1. The Hall–Kier alpha value is -0.120. The van der Waals surface area contributed by atoms with Gasteiger partial charge in [0.1, 0.15) is 0 Å². The molecule has 3 fully saturated rings. The highest BCUT2D eigenvalue weighted by atomic mass is 15.3. The molecule has 0 radical (unpaired) electrons. The molecule has 0 spiro atoms. The van der Waals surface area contributed by atoms with Gasteiger partial charge in [0, 0.05) is 45.3 Å². The fraction of sp³-hybridized carbons (Fsp3) is 1.00. The van der Waals surface area contributed by atoms with Crippen LogP contribution in [0.3, 0.4) is 0 Å². The standard InChI is InChI=1S/C14H27N3/c1-12-4-5-15-14(12)11-17-8-6-16(7-9-17)10-13-2-3-13/h12-15H,2-11H2,1H3. The van der Waals surface area contributed by atoms with Gasteiger partial charge in [-0.05, 0) is 37.6 Å². The van der Waals surface area contributed by atoms with E-state index < -0.39 is 0 Å². The lowest BCUT2D eigenvalue weighted by Crippen LogP contribution is -2.50. The molecule has 3 nitrogen and oxygen atoms in total. The molecule has 98 valence electrons. The Morgan fingerprint density at radius 1 is 0.941 bits per heavy atom. The molecule has 0 aromatic rings. The smallest absolute Gasteiger partial charge is 0.0221 e. The fourth-order valence-electron chi connectivity index (χ4n) is 3.24. The molecule has 2 heterocycles. The number of hydrogen-bond acceptors (Lipinski definition) is 3. The molecule has 0 aromatic carbocycles. The van der Waals surface area contributed by atoms with E-state index in [2.05, 4.69) is 22.0 Å². The van der Waals surface area contributed by atoms with E-state index in [0.29, 0.717) is 0 Å². The minimum Gasteiger partial charge on any atom is -0.312 e. The van der Waals surface area contributed by atoms with Gasteiger partial charge in [-0.2, -0.15) is 0 Å². The third-order valence-corrected chi connectivity index (χ3v) is 4.83. The summed E-state index contributed by atoms with van der Waals surface area (Å²) < 4.78 is 0. The Labute approximate surface area is 106 Å². The van der Waals surface area contributed by atoms with Gasteiger partial charge in [0.25, 0.3) is 0 Å². The lowest BCUT2D eigenvalue weighted by molar-refractivity contribution is 0.117. The van der Waals surface area contributed by atoms with E-state index in [1.807, 2.05) is 0 Å². The summed E-state index contributed by atoms with van der Waals surface area (Å²) in [6.45, 7) is 11.5. The third-order valence-electron chi connectivity index (χ3n) is 4.83. The summed E-state index contributed by atoms with van der Waals surface area (Å²) in [5.41, 5.74) is 0. The third kappa shape index (κ3) is 3.21. The van der Waals surface area contributed by atoms with Crippen LogP contribution in [0, 0.1) is 11.8 Å². The van der Waals surface area contributed by atoms with E-state index in [1.54, 1.807) is 0 Å². The SMILES string of the molecule is CC1CCNC1CN1CCN(CC2CC2)CC1. The van der Waals surface area contributed by atoms with Crippen molar-refractivity contribution in [1.82, 2.24) is 15.1 Å². The Balaban J connectivity index is 1.38. The van der Waals surface area contributed by atoms with Crippen molar-refractivity contribution < 1.29 is 0 Å². The Morgan fingerprint density at radius 2 is 1.59 bits per heavy atom. The molecule has 2 saturated heterocycles. The van der Waals surface area contributed by atoms with Crippen molar-refractivity contribution in [3.8, 4) is 0 Å². The van der Waals surface area contributed by atoms with Crippen LogP contribution in [0.4, 0.5) is 0 Å². The zero-order valence-electron chi connectivity index (χ0n) is 11.2. The van der Waals surface area contributed by atoms with Crippen LogP contribution in [0.25, 0.3) is 0 Å². The van der Waals surface area contributed by atoms with Crippen molar-refractivity contribution in [2.75, 3.05) is 45.8 Å². The van der Waals surface area contributed by atoms with Gasteiger partial charge in [-0.25, -0.2) is 0 Å². The second-order valence-electron chi connectivity index (χ2n) is 6.37. The highest BCUT2D eigenvalue weighted by Gasteiger charge is 2.29. The lowest BCUT2D eigenvalue weighted by Gasteiger charge is -2.36. The molecule has 0 aromatic heterocycles. The normalized spacial score (nSPS) is 36.5. The molecular formula is C14H27N3. The summed E-state index contributed by atoms with van der Waals surface area (Å²) in [6, 6.07) is 0.755. The van der Waals surface area contributed by atoms with Gasteiger partial charge in [-0.3, -0.25) is 4.90 Å². The minimum atomic E-state index is 0.755. The quantitative estimate of drug-likeness (QED) is 0.787. The summed E-state index contributed by atoms with van der Waals surface area (Å²) in [4.78, 5) is 5.35. The first kappa shape index (κ1) is 11.9. The van der Waals surface area contributed by atoms with Gasteiger partial charge in [0.2, 0.25) is 0 Å². The molecule has 2 unspecified atom stereocenters. The van der Waals surface area contributed by atoms with E-state index >= 15 is 0 Å². The molecule has 0 bridgehead atoms. The fourth-order valence-corrected chi connectivity index (χ4v) is 3.24. The van der Waals surface area contributed by atoms with Crippen LogP contribution in [0.15, 0.2) is 0 Å². The zero-order chi connectivity index (χ0) is 11.7. The van der Waals surface area contributed by atoms with Crippen LogP contribution < -0.4 is 5.32 Å². The maximum Gasteiger partial charge on any atom is 0.0221 e. The Morgan fingerprint density at radius 3 is 2.12 bits per heavy atom. The van der Waals surface area contributed by atoms with Crippen LogP contribution >= 0.6 is 0 Å². The topological polar surface area (TPSA) is 18.5 Å². The largest absolute Gasteiger partial charge is 0.312 e. The predicted octanol–water partition coefficient (Wildman–Crippen LogP) is 1.01. The Kier molecular flexibility index (Phi) is 3.69. The van der Waals surface area contributed by atoms with Crippen molar-refractivity contribution in [1.29, 1.82) is 0 Å². The molecule has 1 N–H and O–H groups in total. The van der Waals surface area contributed by atoms with E-state index in [-0.39, 0.29) is 0 Å². The summed E-state index contributed by atoms with van der Waals surface area (Å²) in [5.74, 6) is 1.93. The zero-order valence-corrected chi connectivity index (χ0v) is 11.2. The van der Waals surface area contributed by atoms with Gasteiger partial charge < -0.3 is 10.2 Å². The molecule has 3 heteroatoms. The molecule has 2 atom stereocenters. The minimum absolute atomic E-state index is 0.755. The average Bonchev–Trinajstić information content (AvgIpc) is 3.06. The number of piperazine rings is 1. The van der Waals surface area contributed by atoms with Gasteiger partial charge in [0.05, 0.1) is 0 Å². The van der Waals surface area contributed by atoms with Crippen molar-refractivity contribution in [3.05, 3.63) is 0 Å². The van der Waals surface area contributed by atoms with Crippen LogP contribution in [0.2, 0.25) is 0 Å². The molecule has 3 rings (SSSR count). The van der Waals surface area contributed by atoms with Crippen molar-refractivity contribution >= 4 is 0 Å². The van der Waals surface area contributed by atoms with Crippen LogP contribution in [0.5, 0.6) is 0 Å². The van der Waals surface area contributed by atoms with Crippen molar-refractivity contribution in [3.63, 3.8) is 0 Å². The average molecular weight is 237 g/mol. The Bertz CT molecular complexity index is 244. The first-order chi connectivity index (χ1) is 8.31. The number of nitrogens with one attached hydrogen (secondary N) is 1. The first-order valence-corrected chi connectivity index (χ1v) is 7.49. The van der Waals surface area contributed by atoms with Crippen LogP contribution in [0.1, 0.15) is 26.2 Å². The second-order valence-corrected chi connectivity index (χ2v) is 6.37. The molecule has 0 amide bonds. The van der Waals surface area contributed by atoms with Gasteiger partial charge in [-0.1, -0.05) is 6.92 Å². The summed E-state index contributed by atoms with van der Waals surface area (Å²) >= 11 is 0. The van der Waals surface area contributed by atoms with Gasteiger partial charge >= 0.3 is 0 Å². The second kappa shape index (κ2) is 5.25. The molecule has 3 aliphatic rings. The van der Waals surface area contributed by atoms with Crippen LogP contribution in [-0.2, 0) is 0 Å². The van der Waals surface area contributed by atoms with Gasteiger partial charge in [-0.15, -0.1) is 0 Å². The lowest BCUT2D eigenvalue weighted by atomic mass is 10.0. The molecule has 2 aliphatic heterocycles. The maximum atomic E-state index is 3.65. The summed E-state index contributed by atoms with van der Waals surface area (Å²) in [5, 5.41) is 3.65. The highest BCUT2D eigenvalue weighted by Crippen LogP contribution is 2.30. The van der Waals surface area contributed by atoms with E-state index in [1.165, 1.54) is 65.1 Å². The van der Waals surface area contributed by atoms with Gasteiger partial charge in [0.15, 0.2) is 0 Å². The van der Waals surface area contributed by atoms with E-state index in [4.69, 9.17) is 0 Å². The maximum absolute atomic E-state index is 3.65. The summed E-state index contributed by atoms with van der Waals surface area (Å²) in [6.07, 6.45) is 4.35. The van der Waals surface area contributed by atoms with E-state index in [0.717, 1.165) is 17.9 Å². The van der Waals surface area contributed by atoms with Crippen LogP contribution in [-0.4, -0.2) is 61.7 Å². The van der Waals surface area contributed by atoms with E-state index in [9.17, 15) is 0 Å². The van der Waals surface area contributed by atoms with Crippen molar-refractivity contribution in [2.24, 2.45) is 11.8 Å². The van der Waals surface area contributed by atoms with Crippen molar-refractivity contribution in [2.45, 2.75) is 32.2 Å².